The normalized spacial score (nSPS) is 13.6. The van der Waals surface area contributed by atoms with Gasteiger partial charge in [0.25, 0.3) is 0 Å². The minimum atomic E-state index is -0.0470. The van der Waals surface area contributed by atoms with Gasteiger partial charge in [-0.15, -0.1) is 11.3 Å². The molecule has 1 aliphatic carbocycles. The summed E-state index contributed by atoms with van der Waals surface area (Å²) >= 11 is 1.90. The fourth-order valence-corrected chi connectivity index (χ4v) is 9.28. The Morgan fingerprint density at radius 3 is 2.00 bits per heavy atom. The number of hydrogen-bond donors (Lipinski definition) is 0. The molecule has 0 saturated carbocycles. The summed E-state index contributed by atoms with van der Waals surface area (Å²) in [6, 6.07) is 54.5. The van der Waals surface area contributed by atoms with Gasteiger partial charge in [-0.1, -0.05) is 144 Å². The molecular weight excluding hydrogens is 611 g/mol. The molecule has 49 heavy (non-hydrogen) atoms. The molecule has 2 heteroatoms. The van der Waals surface area contributed by atoms with E-state index in [4.69, 9.17) is 0 Å². The van der Waals surface area contributed by atoms with Crippen LogP contribution in [0.4, 0.5) is 17.1 Å². The predicted molar refractivity (Wildman–Crippen MR) is 213 cm³/mol. The highest BCUT2D eigenvalue weighted by atomic mass is 32.1. The predicted octanol–water partition coefficient (Wildman–Crippen LogP) is 13.9. The first-order chi connectivity index (χ1) is 23.7. The maximum absolute atomic E-state index is 2.49. The summed E-state index contributed by atoms with van der Waals surface area (Å²) in [5, 5.41) is 5.14. The molecule has 7 aromatic carbocycles. The summed E-state index contributed by atoms with van der Waals surface area (Å²) in [7, 11) is 0. The van der Waals surface area contributed by atoms with Crippen LogP contribution < -0.4 is 4.90 Å². The molecule has 0 radical (unpaired) electrons. The van der Waals surface area contributed by atoms with Gasteiger partial charge in [0.15, 0.2) is 0 Å². The molecule has 238 valence electrons. The quantitative estimate of drug-likeness (QED) is 0.183. The van der Waals surface area contributed by atoms with Gasteiger partial charge >= 0.3 is 0 Å². The third-order valence-electron chi connectivity index (χ3n) is 10.6. The molecule has 0 fully saturated rings. The molecule has 1 heterocycles. The summed E-state index contributed by atoms with van der Waals surface area (Å²) in [6.07, 6.45) is 0. The Morgan fingerprint density at radius 1 is 0.531 bits per heavy atom. The minimum absolute atomic E-state index is 0.0470. The van der Waals surface area contributed by atoms with Crippen LogP contribution in [-0.4, -0.2) is 0 Å². The Kier molecular flexibility index (Phi) is 6.67. The second-order valence-corrected chi connectivity index (χ2v) is 16.0. The Morgan fingerprint density at radius 2 is 1.18 bits per heavy atom. The molecule has 1 aromatic heterocycles. The minimum Gasteiger partial charge on any atom is -0.310 e. The molecule has 0 N–H and O–H groups in total. The standard InChI is InChI=1S/C47H39NS/c1-46(2,3)31-22-24-32(25-23-31)48(33-26-27-41-39(29-33)35-15-8-10-19-40(35)47(41,4)5)42-28-21-30-13-6-7-14-34(30)44(42)38-18-12-17-37-36-16-9-11-20-43(36)49-45(37)38/h6-29H,1-5H3. The number of hydrogen-bond acceptors (Lipinski definition) is 2. The number of nitrogens with zero attached hydrogens (tertiary/aromatic N) is 1. The molecule has 0 saturated heterocycles. The molecule has 0 spiro atoms. The number of fused-ring (bicyclic) bond motifs is 7. The lowest BCUT2D eigenvalue weighted by atomic mass is 9.82. The van der Waals surface area contributed by atoms with E-state index in [1.165, 1.54) is 75.6 Å². The van der Waals surface area contributed by atoms with Crippen LogP contribution >= 0.6 is 11.3 Å². The zero-order chi connectivity index (χ0) is 33.5. The monoisotopic (exact) mass is 649 g/mol. The van der Waals surface area contributed by atoms with Crippen LogP contribution in [0.25, 0.3) is 53.2 Å². The van der Waals surface area contributed by atoms with Crippen molar-refractivity contribution >= 4 is 59.3 Å². The summed E-state index contributed by atoms with van der Waals surface area (Å²) in [6.45, 7) is 11.6. The first-order valence-corrected chi connectivity index (χ1v) is 18.1. The highest BCUT2D eigenvalue weighted by Crippen LogP contribution is 2.52. The maximum Gasteiger partial charge on any atom is 0.0547 e. The lowest BCUT2D eigenvalue weighted by Crippen LogP contribution is -2.16. The van der Waals surface area contributed by atoms with Gasteiger partial charge in [-0.25, -0.2) is 0 Å². The van der Waals surface area contributed by atoms with Crippen LogP contribution in [0.5, 0.6) is 0 Å². The second kappa shape index (κ2) is 10.9. The van der Waals surface area contributed by atoms with Gasteiger partial charge in [0.2, 0.25) is 0 Å². The molecule has 1 aliphatic rings. The van der Waals surface area contributed by atoms with Crippen molar-refractivity contribution in [3.63, 3.8) is 0 Å². The summed E-state index contributed by atoms with van der Waals surface area (Å²) in [4.78, 5) is 2.49. The highest BCUT2D eigenvalue weighted by Gasteiger charge is 2.35. The van der Waals surface area contributed by atoms with E-state index in [0.29, 0.717) is 0 Å². The first-order valence-electron chi connectivity index (χ1n) is 17.3. The Labute approximate surface area is 293 Å². The van der Waals surface area contributed by atoms with E-state index in [2.05, 4.69) is 185 Å². The van der Waals surface area contributed by atoms with Crippen LogP contribution in [-0.2, 0) is 10.8 Å². The third-order valence-corrected chi connectivity index (χ3v) is 11.9. The number of rotatable bonds is 4. The maximum atomic E-state index is 2.49. The van der Waals surface area contributed by atoms with Gasteiger partial charge < -0.3 is 4.90 Å². The molecule has 0 atom stereocenters. The molecule has 8 aromatic rings. The molecular formula is C47H39NS. The van der Waals surface area contributed by atoms with Gasteiger partial charge in [-0.2, -0.15) is 0 Å². The molecule has 0 unspecified atom stereocenters. The van der Waals surface area contributed by atoms with Gasteiger partial charge in [-0.3, -0.25) is 0 Å². The largest absolute Gasteiger partial charge is 0.310 e. The van der Waals surface area contributed by atoms with Crippen LogP contribution in [0.3, 0.4) is 0 Å². The third kappa shape index (κ3) is 4.65. The average molecular weight is 650 g/mol. The Hall–Kier alpha value is -5.18. The van der Waals surface area contributed by atoms with E-state index in [-0.39, 0.29) is 10.8 Å². The van der Waals surface area contributed by atoms with Crippen molar-refractivity contribution in [1.82, 2.24) is 0 Å². The van der Waals surface area contributed by atoms with Crippen molar-refractivity contribution in [2.45, 2.75) is 45.4 Å². The number of anilines is 3. The van der Waals surface area contributed by atoms with E-state index in [9.17, 15) is 0 Å². The fraction of sp³-hybridized carbons (Fsp3) is 0.149. The zero-order valence-electron chi connectivity index (χ0n) is 28.7. The lowest BCUT2D eigenvalue weighted by molar-refractivity contribution is 0.590. The molecule has 9 rings (SSSR count). The summed E-state index contributed by atoms with van der Waals surface area (Å²) in [5.41, 5.74) is 12.8. The van der Waals surface area contributed by atoms with E-state index in [0.717, 1.165) is 11.4 Å². The van der Waals surface area contributed by atoms with Gasteiger partial charge in [0.1, 0.15) is 0 Å². The van der Waals surface area contributed by atoms with Gasteiger partial charge in [0.05, 0.1) is 5.69 Å². The zero-order valence-corrected chi connectivity index (χ0v) is 29.5. The molecule has 0 aliphatic heterocycles. The smallest absolute Gasteiger partial charge is 0.0547 e. The molecule has 0 amide bonds. The first kappa shape index (κ1) is 29.9. The van der Waals surface area contributed by atoms with Crippen LogP contribution in [0.2, 0.25) is 0 Å². The highest BCUT2D eigenvalue weighted by molar-refractivity contribution is 7.26. The number of thiophene rings is 1. The van der Waals surface area contributed by atoms with Crippen LogP contribution in [0, 0.1) is 0 Å². The fourth-order valence-electron chi connectivity index (χ4n) is 8.06. The molecule has 0 bridgehead atoms. The van der Waals surface area contributed by atoms with Gasteiger partial charge in [-0.05, 0) is 80.4 Å². The van der Waals surface area contributed by atoms with Crippen LogP contribution in [0.15, 0.2) is 146 Å². The molecule has 1 nitrogen and oxygen atoms in total. The van der Waals surface area contributed by atoms with E-state index < -0.39 is 0 Å². The van der Waals surface area contributed by atoms with E-state index in [1.54, 1.807) is 0 Å². The van der Waals surface area contributed by atoms with E-state index >= 15 is 0 Å². The van der Waals surface area contributed by atoms with Crippen molar-refractivity contribution < 1.29 is 0 Å². The van der Waals surface area contributed by atoms with Crippen LogP contribution in [0.1, 0.15) is 51.3 Å². The lowest BCUT2D eigenvalue weighted by Gasteiger charge is -2.30. The van der Waals surface area contributed by atoms with Crippen molar-refractivity contribution in [2.75, 3.05) is 4.90 Å². The van der Waals surface area contributed by atoms with Crippen molar-refractivity contribution in [2.24, 2.45) is 0 Å². The van der Waals surface area contributed by atoms with Crippen molar-refractivity contribution in [3.05, 3.63) is 162 Å². The van der Waals surface area contributed by atoms with E-state index in [1.807, 2.05) is 11.3 Å². The number of benzene rings is 7. The Bertz CT molecular complexity index is 2560. The second-order valence-electron chi connectivity index (χ2n) is 15.0. The van der Waals surface area contributed by atoms with Gasteiger partial charge in [0, 0.05) is 48.1 Å². The SMILES string of the molecule is CC(C)(C)c1ccc(N(c2ccc3c(c2)-c2ccccc2C3(C)C)c2ccc3ccccc3c2-c2cccc3c2sc2ccccc23)cc1. The Balaban J connectivity index is 1.35. The summed E-state index contributed by atoms with van der Waals surface area (Å²) < 4.78 is 2.65. The average Bonchev–Trinajstić information content (AvgIpc) is 3.60. The summed E-state index contributed by atoms with van der Waals surface area (Å²) in [5.74, 6) is 0. The van der Waals surface area contributed by atoms with Crippen molar-refractivity contribution in [3.8, 4) is 22.3 Å². The van der Waals surface area contributed by atoms with Crippen molar-refractivity contribution in [1.29, 1.82) is 0 Å². The topological polar surface area (TPSA) is 3.24 Å².